The molecular weight excluding hydrogens is 231 g/mol. The number of hydrogen-bond donors (Lipinski definition) is 2. The molecule has 3 N–H and O–H groups in total. The number of benzene rings is 1. The molecule has 1 atom stereocenters. The number of hydrazine groups is 1. The van der Waals surface area contributed by atoms with Gasteiger partial charge in [-0.15, -0.1) is 0 Å². The Bertz CT molecular complexity index is 509. The van der Waals surface area contributed by atoms with Gasteiger partial charge in [0.15, 0.2) is 0 Å². The number of halogens is 1. The van der Waals surface area contributed by atoms with Crippen LogP contribution >= 0.6 is 0 Å². The molecule has 18 heavy (non-hydrogen) atoms. The molecule has 0 saturated heterocycles. The minimum absolute atomic E-state index is 0.149. The van der Waals surface area contributed by atoms with Crippen molar-refractivity contribution in [2.24, 2.45) is 5.84 Å². The fraction of sp³-hybridized carbons (Fsp3) is 0.308. The van der Waals surface area contributed by atoms with Gasteiger partial charge in [-0.25, -0.2) is 4.39 Å². The van der Waals surface area contributed by atoms with Gasteiger partial charge in [-0.3, -0.25) is 16.0 Å². The summed E-state index contributed by atoms with van der Waals surface area (Å²) in [6.45, 7) is 2.77. The topological polar surface area (TPSA) is 55.9 Å². The molecular formula is C13H17FN4. The average Bonchev–Trinajstić information content (AvgIpc) is 2.86. The molecule has 0 aliphatic rings. The van der Waals surface area contributed by atoms with E-state index in [0.717, 1.165) is 12.2 Å². The van der Waals surface area contributed by atoms with Crippen LogP contribution in [0, 0.1) is 5.82 Å². The van der Waals surface area contributed by atoms with Gasteiger partial charge in [0.25, 0.3) is 0 Å². The van der Waals surface area contributed by atoms with Crippen LogP contribution in [0.1, 0.15) is 24.2 Å². The molecule has 0 aliphatic carbocycles. The van der Waals surface area contributed by atoms with Gasteiger partial charge in [0.2, 0.25) is 0 Å². The van der Waals surface area contributed by atoms with Gasteiger partial charge in [0.1, 0.15) is 5.82 Å². The van der Waals surface area contributed by atoms with E-state index in [9.17, 15) is 4.39 Å². The summed E-state index contributed by atoms with van der Waals surface area (Å²) >= 11 is 0. The number of aromatic nitrogens is 2. The van der Waals surface area contributed by atoms with Gasteiger partial charge in [-0.1, -0.05) is 18.2 Å². The van der Waals surface area contributed by atoms with Crippen LogP contribution in [0.2, 0.25) is 0 Å². The lowest BCUT2D eigenvalue weighted by molar-refractivity contribution is 0.481. The second-order valence-electron chi connectivity index (χ2n) is 4.09. The predicted molar refractivity (Wildman–Crippen MR) is 68.1 cm³/mol. The first-order valence-electron chi connectivity index (χ1n) is 5.97. The molecule has 0 saturated carbocycles. The van der Waals surface area contributed by atoms with Crippen LogP contribution < -0.4 is 11.3 Å². The largest absolute Gasteiger partial charge is 0.271 e. The first-order valence-corrected chi connectivity index (χ1v) is 5.97. The summed E-state index contributed by atoms with van der Waals surface area (Å²) in [7, 11) is 0. The Kier molecular flexibility index (Phi) is 4.07. The van der Waals surface area contributed by atoms with Crippen molar-refractivity contribution < 1.29 is 4.39 Å². The maximum Gasteiger partial charge on any atom is 0.126 e. The molecule has 2 rings (SSSR count). The molecule has 1 heterocycles. The van der Waals surface area contributed by atoms with E-state index in [0.29, 0.717) is 12.0 Å². The van der Waals surface area contributed by atoms with Gasteiger partial charge in [0, 0.05) is 12.7 Å². The maximum atomic E-state index is 13.6. The lowest BCUT2D eigenvalue weighted by atomic mass is 10.0. The molecule has 0 spiro atoms. The molecule has 4 nitrogen and oxygen atoms in total. The first kappa shape index (κ1) is 12.7. The minimum Gasteiger partial charge on any atom is -0.271 e. The molecule has 0 fully saturated rings. The van der Waals surface area contributed by atoms with E-state index < -0.39 is 0 Å². The third-order valence-corrected chi connectivity index (χ3v) is 2.99. The molecule has 0 radical (unpaired) electrons. The van der Waals surface area contributed by atoms with E-state index in [1.54, 1.807) is 18.3 Å². The van der Waals surface area contributed by atoms with Crippen LogP contribution in [0.15, 0.2) is 36.5 Å². The van der Waals surface area contributed by atoms with Crippen molar-refractivity contribution in [3.8, 4) is 0 Å². The molecule has 1 aromatic carbocycles. The quantitative estimate of drug-likeness (QED) is 0.626. The highest BCUT2D eigenvalue weighted by atomic mass is 19.1. The lowest BCUT2D eigenvalue weighted by Gasteiger charge is -2.17. The monoisotopic (exact) mass is 248 g/mol. The van der Waals surface area contributed by atoms with Crippen molar-refractivity contribution in [3.05, 3.63) is 53.6 Å². The zero-order valence-corrected chi connectivity index (χ0v) is 10.3. The zero-order valence-electron chi connectivity index (χ0n) is 10.3. The van der Waals surface area contributed by atoms with Crippen LogP contribution in [0.5, 0.6) is 0 Å². The fourth-order valence-electron chi connectivity index (χ4n) is 2.04. The summed E-state index contributed by atoms with van der Waals surface area (Å²) < 4.78 is 15.5. The Morgan fingerprint density at radius 1 is 1.39 bits per heavy atom. The maximum absolute atomic E-state index is 13.6. The van der Waals surface area contributed by atoms with E-state index in [4.69, 9.17) is 5.84 Å². The van der Waals surface area contributed by atoms with Crippen LogP contribution in [0.4, 0.5) is 4.39 Å². The van der Waals surface area contributed by atoms with Crippen LogP contribution in [-0.2, 0) is 13.0 Å². The van der Waals surface area contributed by atoms with Crippen molar-refractivity contribution in [3.63, 3.8) is 0 Å². The van der Waals surface area contributed by atoms with E-state index in [2.05, 4.69) is 10.5 Å². The second-order valence-corrected chi connectivity index (χ2v) is 4.09. The van der Waals surface area contributed by atoms with E-state index in [1.165, 1.54) is 6.07 Å². The number of nitrogens with one attached hydrogen (secondary N) is 1. The van der Waals surface area contributed by atoms with Gasteiger partial charge in [-0.2, -0.15) is 5.10 Å². The number of hydrogen-bond acceptors (Lipinski definition) is 3. The smallest absolute Gasteiger partial charge is 0.126 e. The Morgan fingerprint density at radius 3 is 2.83 bits per heavy atom. The zero-order chi connectivity index (χ0) is 13.0. The van der Waals surface area contributed by atoms with Crippen LogP contribution in [-0.4, -0.2) is 9.78 Å². The van der Waals surface area contributed by atoms with E-state index >= 15 is 0 Å². The van der Waals surface area contributed by atoms with Crippen molar-refractivity contribution in [2.45, 2.75) is 25.9 Å². The van der Waals surface area contributed by atoms with Crippen molar-refractivity contribution in [1.82, 2.24) is 15.2 Å². The molecule has 0 aliphatic heterocycles. The summed E-state index contributed by atoms with van der Waals surface area (Å²) in [6, 6.07) is 8.48. The van der Waals surface area contributed by atoms with Gasteiger partial charge in [0.05, 0.1) is 11.7 Å². The van der Waals surface area contributed by atoms with Gasteiger partial charge < -0.3 is 0 Å². The Hall–Kier alpha value is -1.72. The van der Waals surface area contributed by atoms with E-state index in [-0.39, 0.29) is 11.9 Å². The Balaban J connectivity index is 2.23. The number of rotatable bonds is 5. The fourth-order valence-corrected chi connectivity index (χ4v) is 2.04. The summed E-state index contributed by atoms with van der Waals surface area (Å²) in [5, 5.41) is 4.19. The summed E-state index contributed by atoms with van der Waals surface area (Å²) in [4.78, 5) is 0. The van der Waals surface area contributed by atoms with Gasteiger partial charge in [-0.05, 0) is 31.0 Å². The van der Waals surface area contributed by atoms with Crippen molar-refractivity contribution in [2.75, 3.05) is 0 Å². The Labute approximate surface area is 106 Å². The number of nitrogens with two attached hydrogens (primary N) is 1. The van der Waals surface area contributed by atoms with Crippen molar-refractivity contribution in [1.29, 1.82) is 0 Å². The molecule has 1 aromatic heterocycles. The van der Waals surface area contributed by atoms with Crippen molar-refractivity contribution >= 4 is 0 Å². The molecule has 0 amide bonds. The van der Waals surface area contributed by atoms with Crippen LogP contribution in [0.25, 0.3) is 0 Å². The lowest BCUT2D eigenvalue weighted by Crippen LogP contribution is -2.31. The standard InChI is InChI=1S/C13H17FN4/c1-2-18-13(7-8-16-18)12(17-15)9-10-5-3-4-6-11(10)14/h3-8,12,17H,2,9,15H2,1H3. The Morgan fingerprint density at radius 2 is 2.17 bits per heavy atom. The molecule has 0 bridgehead atoms. The highest BCUT2D eigenvalue weighted by Gasteiger charge is 2.16. The third kappa shape index (κ3) is 2.57. The highest BCUT2D eigenvalue weighted by molar-refractivity contribution is 5.21. The number of nitrogens with zero attached hydrogens (tertiary/aromatic N) is 2. The molecule has 2 aromatic rings. The highest BCUT2D eigenvalue weighted by Crippen LogP contribution is 2.19. The summed E-state index contributed by atoms with van der Waals surface area (Å²) in [6.07, 6.45) is 2.22. The molecule has 5 heteroatoms. The van der Waals surface area contributed by atoms with Gasteiger partial charge >= 0.3 is 0 Å². The molecule has 1 unspecified atom stereocenters. The first-order chi connectivity index (χ1) is 8.76. The summed E-state index contributed by atoms with van der Waals surface area (Å²) in [5.74, 6) is 5.36. The summed E-state index contributed by atoms with van der Waals surface area (Å²) in [5.41, 5.74) is 4.33. The minimum atomic E-state index is -0.208. The SMILES string of the molecule is CCn1nccc1C(Cc1ccccc1F)NN. The normalized spacial score (nSPS) is 12.6. The number of aryl methyl sites for hydroxylation is 1. The third-order valence-electron chi connectivity index (χ3n) is 2.99. The predicted octanol–water partition coefficient (Wildman–Crippen LogP) is 1.79. The van der Waals surface area contributed by atoms with E-state index in [1.807, 2.05) is 23.7 Å². The van der Waals surface area contributed by atoms with Crippen LogP contribution in [0.3, 0.4) is 0 Å². The second kappa shape index (κ2) is 5.75. The average molecular weight is 248 g/mol. The molecule has 96 valence electrons.